The molecule has 0 atom stereocenters. The highest BCUT2D eigenvalue weighted by atomic mass is 79.9. The quantitative estimate of drug-likeness (QED) is 0.858. The first-order valence-electron chi connectivity index (χ1n) is 5.61. The summed E-state index contributed by atoms with van der Waals surface area (Å²) in [7, 11) is 0. The Bertz CT molecular complexity index is 665. The highest BCUT2D eigenvalue weighted by Gasteiger charge is 2.17. The Morgan fingerprint density at radius 3 is 2.55 bits per heavy atom. The molecule has 0 aromatic heterocycles. The molecule has 0 fully saturated rings. The Morgan fingerprint density at radius 2 is 1.90 bits per heavy atom. The van der Waals surface area contributed by atoms with E-state index in [1.165, 1.54) is 25.1 Å². The van der Waals surface area contributed by atoms with Gasteiger partial charge in [-0.2, -0.15) is 0 Å². The minimum absolute atomic E-state index is 0.0383. The highest BCUT2D eigenvalue weighted by Crippen LogP contribution is 2.27. The number of nitrogens with one attached hydrogen (secondary N) is 1. The molecule has 0 aliphatic carbocycles. The molecule has 2 rings (SSSR count). The molecule has 2 nitrogen and oxygen atoms in total. The van der Waals surface area contributed by atoms with E-state index in [0.29, 0.717) is 11.6 Å². The van der Waals surface area contributed by atoms with Gasteiger partial charge in [0.2, 0.25) is 0 Å². The van der Waals surface area contributed by atoms with Crippen LogP contribution in [0.4, 0.5) is 18.9 Å². The van der Waals surface area contributed by atoms with E-state index in [9.17, 15) is 18.0 Å². The second-order valence-electron chi connectivity index (χ2n) is 4.14. The van der Waals surface area contributed by atoms with Gasteiger partial charge in [-0.1, -0.05) is 12.1 Å². The van der Waals surface area contributed by atoms with Crippen molar-refractivity contribution in [2.45, 2.75) is 6.92 Å². The maximum atomic E-state index is 13.8. The third-order valence-corrected chi connectivity index (χ3v) is 3.31. The normalized spacial score (nSPS) is 10.4. The Kier molecular flexibility index (Phi) is 4.13. The summed E-state index contributed by atoms with van der Waals surface area (Å²) in [6.07, 6.45) is 0. The Hall–Kier alpha value is -1.82. The highest BCUT2D eigenvalue weighted by molar-refractivity contribution is 9.10. The van der Waals surface area contributed by atoms with Gasteiger partial charge in [0.05, 0.1) is 11.3 Å². The van der Waals surface area contributed by atoms with Gasteiger partial charge in [-0.3, -0.25) is 4.79 Å². The molecule has 2 aromatic carbocycles. The van der Waals surface area contributed by atoms with Crippen molar-refractivity contribution in [3.63, 3.8) is 0 Å². The van der Waals surface area contributed by atoms with Crippen LogP contribution in [0.25, 0.3) is 0 Å². The summed E-state index contributed by atoms with van der Waals surface area (Å²) in [5, 5.41) is 2.22. The van der Waals surface area contributed by atoms with Crippen LogP contribution < -0.4 is 5.32 Å². The third-order valence-electron chi connectivity index (χ3n) is 2.68. The second kappa shape index (κ2) is 5.66. The lowest BCUT2D eigenvalue weighted by molar-refractivity contribution is 0.102. The van der Waals surface area contributed by atoms with Crippen molar-refractivity contribution in [2.75, 3.05) is 5.32 Å². The molecule has 0 bridgehead atoms. The zero-order valence-electron chi connectivity index (χ0n) is 10.3. The van der Waals surface area contributed by atoms with E-state index in [-0.39, 0.29) is 15.7 Å². The summed E-state index contributed by atoms with van der Waals surface area (Å²) >= 11 is 2.94. The SMILES string of the molecule is Cc1cccc(C(=O)Nc2c(F)cc(F)cc2Br)c1F. The maximum Gasteiger partial charge on any atom is 0.258 e. The molecule has 0 saturated carbocycles. The number of aryl methyl sites for hydroxylation is 1. The minimum atomic E-state index is -0.946. The topological polar surface area (TPSA) is 29.1 Å². The van der Waals surface area contributed by atoms with Gasteiger partial charge in [-0.05, 0) is 40.5 Å². The Balaban J connectivity index is 2.36. The first-order valence-corrected chi connectivity index (χ1v) is 6.40. The molecule has 0 saturated heterocycles. The molecule has 20 heavy (non-hydrogen) atoms. The summed E-state index contributed by atoms with van der Waals surface area (Å²) < 4.78 is 40.4. The zero-order valence-corrected chi connectivity index (χ0v) is 11.9. The molecule has 0 spiro atoms. The van der Waals surface area contributed by atoms with Gasteiger partial charge in [-0.25, -0.2) is 13.2 Å². The van der Waals surface area contributed by atoms with Gasteiger partial charge in [0.15, 0.2) is 5.82 Å². The number of amides is 1. The van der Waals surface area contributed by atoms with Crippen molar-refractivity contribution in [1.29, 1.82) is 0 Å². The molecule has 6 heteroatoms. The number of halogens is 4. The van der Waals surface area contributed by atoms with E-state index in [2.05, 4.69) is 21.2 Å². The lowest BCUT2D eigenvalue weighted by Gasteiger charge is -2.10. The summed E-state index contributed by atoms with van der Waals surface area (Å²) in [5.74, 6) is -3.21. The first kappa shape index (κ1) is 14.6. The number of anilines is 1. The van der Waals surface area contributed by atoms with Crippen molar-refractivity contribution in [1.82, 2.24) is 0 Å². The molecule has 1 amide bonds. The van der Waals surface area contributed by atoms with Crippen molar-refractivity contribution >= 4 is 27.5 Å². The van der Waals surface area contributed by atoms with Gasteiger partial charge >= 0.3 is 0 Å². The standard InChI is InChI=1S/C14H9BrF3NO/c1-7-3-2-4-9(12(7)18)14(20)19-13-10(15)5-8(16)6-11(13)17/h2-6H,1H3,(H,19,20). The van der Waals surface area contributed by atoms with Crippen LogP contribution in [0.3, 0.4) is 0 Å². The number of rotatable bonds is 2. The molecular weight excluding hydrogens is 335 g/mol. The average molecular weight is 344 g/mol. The van der Waals surface area contributed by atoms with Crippen LogP contribution in [0.2, 0.25) is 0 Å². The molecule has 0 aliphatic rings. The third kappa shape index (κ3) is 2.85. The second-order valence-corrected chi connectivity index (χ2v) is 4.99. The van der Waals surface area contributed by atoms with E-state index in [4.69, 9.17) is 0 Å². The van der Waals surface area contributed by atoms with Crippen molar-refractivity contribution in [3.8, 4) is 0 Å². The van der Waals surface area contributed by atoms with Crippen LogP contribution in [0.15, 0.2) is 34.8 Å². The summed E-state index contributed by atoms with van der Waals surface area (Å²) in [6, 6.07) is 5.95. The van der Waals surface area contributed by atoms with E-state index >= 15 is 0 Å². The number of hydrogen-bond donors (Lipinski definition) is 1. The fourth-order valence-corrected chi connectivity index (χ4v) is 2.17. The van der Waals surface area contributed by atoms with Crippen LogP contribution in [0.5, 0.6) is 0 Å². The molecule has 104 valence electrons. The fourth-order valence-electron chi connectivity index (χ4n) is 1.67. The van der Waals surface area contributed by atoms with E-state index in [0.717, 1.165) is 6.07 Å². The average Bonchev–Trinajstić information content (AvgIpc) is 2.36. The zero-order chi connectivity index (χ0) is 14.9. The van der Waals surface area contributed by atoms with E-state index < -0.39 is 23.4 Å². The summed E-state index contributed by atoms with van der Waals surface area (Å²) in [4.78, 5) is 11.9. The molecule has 2 aromatic rings. The minimum Gasteiger partial charge on any atom is -0.318 e. The van der Waals surface area contributed by atoms with Crippen molar-refractivity contribution in [3.05, 3.63) is 63.4 Å². The maximum absolute atomic E-state index is 13.8. The van der Waals surface area contributed by atoms with Gasteiger partial charge in [0.25, 0.3) is 5.91 Å². The molecule has 0 unspecified atom stereocenters. The molecule has 0 heterocycles. The van der Waals surface area contributed by atoms with Gasteiger partial charge in [-0.15, -0.1) is 0 Å². The number of benzene rings is 2. The number of hydrogen-bond acceptors (Lipinski definition) is 1. The predicted octanol–water partition coefficient (Wildman–Crippen LogP) is 4.43. The monoisotopic (exact) mass is 343 g/mol. The number of carbonyl (C=O) groups excluding carboxylic acids is 1. The Morgan fingerprint density at radius 1 is 1.20 bits per heavy atom. The van der Waals surface area contributed by atoms with Crippen LogP contribution in [0, 0.1) is 24.4 Å². The van der Waals surface area contributed by atoms with Crippen LogP contribution >= 0.6 is 15.9 Å². The van der Waals surface area contributed by atoms with Gasteiger partial charge in [0, 0.05) is 10.5 Å². The Labute approximate surface area is 121 Å². The van der Waals surface area contributed by atoms with Crippen molar-refractivity contribution in [2.24, 2.45) is 0 Å². The van der Waals surface area contributed by atoms with Crippen LogP contribution in [-0.2, 0) is 0 Å². The smallest absolute Gasteiger partial charge is 0.258 e. The van der Waals surface area contributed by atoms with E-state index in [1.54, 1.807) is 0 Å². The molecule has 0 aliphatic heterocycles. The summed E-state index contributed by atoms with van der Waals surface area (Å²) in [6.45, 7) is 1.51. The predicted molar refractivity (Wildman–Crippen MR) is 73.1 cm³/mol. The van der Waals surface area contributed by atoms with E-state index in [1.807, 2.05) is 0 Å². The molecule has 0 radical (unpaired) electrons. The van der Waals surface area contributed by atoms with Gasteiger partial charge in [0.1, 0.15) is 11.6 Å². The van der Waals surface area contributed by atoms with Crippen LogP contribution in [0.1, 0.15) is 15.9 Å². The van der Waals surface area contributed by atoms with Crippen molar-refractivity contribution < 1.29 is 18.0 Å². The largest absolute Gasteiger partial charge is 0.318 e. The molecule has 1 N–H and O–H groups in total. The first-order chi connectivity index (χ1) is 9.40. The lowest BCUT2D eigenvalue weighted by Crippen LogP contribution is -2.15. The van der Waals surface area contributed by atoms with Crippen LogP contribution in [-0.4, -0.2) is 5.91 Å². The number of carbonyl (C=O) groups is 1. The molecular formula is C14H9BrF3NO. The lowest BCUT2D eigenvalue weighted by atomic mass is 10.1. The fraction of sp³-hybridized carbons (Fsp3) is 0.0714. The summed E-state index contributed by atoms with van der Waals surface area (Å²) in [5.41, 5.74) is -0.144. The van der Waals surface area contributed by atoms with Gasteiger partial charge < -0.3 is 5.32 Å².